The van der Waals surface area contributed by atoms with Crippen LogP contribution in [-0.2, 0) is 10.0 Å². The summed E-state index contributed by atoms with van der Waals surface area (Å²) in [5.41, 5.74) is 2.67. The smallest absolute Gasteiger partial charge is 0.253 e. The molecule has 2 aromatic carbocycles. The van der Waals surface area contributed by atoms with E-state index in [1.807, 2.05) is 50.2 Å². The Kier molecular flexibility index (Phi) is 5.53. The number of anilines is 1. The lowest BCUT2D eigenvalue weighted by Crippen LogP contribution is -2.50. The van der Waals surface area contributed by atoms with Crippen molar-refractivity contribution in [2.24, 2.45) is 0 Å². The molecule has 6 nitrogen and oxygen atoms in total. The van der Waals surface area contributed by atoms with Crippen molar-refractivity contribution in [1.82, 2.24) is 9.21 Å². The van der Waals surface area contributed by atoms with Gasteiger partial charge in [0.15, 0.2) is 0 Å². The van der Waals surface area contributed by atoms with Crippen molar-refractivity contribution in [2.75, 3.05) is 45.2 Å². The van der Waals surface area contributed by atoms with E-state index in [9.17, 15) is 13.2 Å². The fraction of sp³-hybridized carbons (Fsp3) is 0.350. The van der Waals surface area contributed by atoms with Crippen LogP contribution in [0.3, 0.4) is 0 Å². The topological polar surface area (TPSA) is 60.9 Å². The van der Waals surface area contributed by atoms with Crippen LogP contribution in [0, 0.1) is 6.92 Å². The highest BCUT2D eigenvalue weighted by atomic mass is 32.2. The van der Waals surface area contributed by atoms with E-state index in [4.69, 9.17) is 0 Å². The van der Waals surface area contributed by atoms with E-state index in [2.05, 4.69) is 0 Å². The standard InChI is InChI=1S/C20H25N3O3S/c1-16-4-10-19(11-5-16)27(25,26)23-14-12-22(13-15-23)20(24)17-6-8-18(9-7-17)21(2)3/h4-11H,12-15H2,1-3H3. The third kappa shape index (κ3) is 4.14. The third-order valence-electron chi connectivity index (χ3n) is 4.82. The SMILES string of the molecule is Cc1ccc(S(=O)(=O)N2CCN(C(=O)c3ccc(N(C)C)cc3)CC2)cc1. The first-order valence-electron chi connectivity index (χ1n) is 8.92. The Hall–Kier alpha value is -2.38. The molecule has 2 aromatic rings. The van der Waals surface area contributed by atoms with Crippen molar-refractivity contribution >= 4 is 21.6 Å². The second-order valence-electron chi connectivity index (χ2n) is 6.95. The maximum atomic E-state index is 12.8. The van der Waals surface area contributed by atoms with Crippen LogP contribution in [0.25, 0.3) is 0 Å². The molecule has 0 atom stereocenters. The highest BCUT2D eigenvalue weighted by Crippen LogP contribution is 2.20. The second kappa shape index (κ2) is 7.70. The summed E-state index contributed by atoms with van der Waals surface area (Å²) in [6.07, 6.45) is 0. The van der Waals surface area contributed by atoms with Gasteiger partial charge in [0.2, 0.25) is 10.0 Å². The average Bonchev–Trinajstić information content (AvgIpc) is 2.68. The highest BCUT2D eigenvalue weighted by Gasteiger charge is 2.30. The maximum Gasteiger partial charge on any atom is 0.253 e. The van der Waals surface area contributed by atoms with Crippen molar-refractivity contribution in [3.8, 4) is 0 Å². The summed E-state index contributed by atoms with van der Waals surface area (Å²) in [6.45, 7) is 3.31. The molecule has 1 saturated heterocycles. The van der Waals surface area contributed by atoms with Gasteiger partial charge in [0.05, 0.1) is 4.90 Å². The Morgan fingerprint density at radius 2 is 1.44 bits per heavy atom. The summed E-state index contributed by atoms with van der Waals surface area (Å²) in [5, 5.41) is 0. The van der Waals surface area contributed by atoms with Crippen molar-refractivity contribution in [3.63, 3.8) is 0 Å². The molecule has 0 aliphatic carbocycles. The molecule has 1 heterocycles. The summed E-state index contributed by atoms with van der Waals surface area (Å²) >= 11 is 0. The summed E-state index contributed by atoms with van der Waals surface area (Å²) in [5.74, 6) is -0.0623. The molecular weight excluding hydrogens is 362 g/mol. The Morgan fingerprint density at radius 3 is 1.96 bits per heavy atom. The first kappa shape index (κ1) is 19.4. The molecule has 1 aliphatic heterocycles. The second-order valence-corrected chi connectivity index (χ2v) is 8.89. The Balaban J connectivity index is 1.66. The van der Waals surface area contributed by atoms with Crippen molar-refractivity contribution in [2.45, 2.75) is 11.8 Å². The van der Waals surface area contributed by atoms with Gasteiger partial charge < -0.3 is 9.80 Å². The predicted molar refractivity (Wildman–Crippen MR) is 107 cm³/mol. The molecule has 0 radical (unpaired) electrons. The molecule has 144 valence electrons. The number of hydrogen-bond donors (Lipinski definition) is 0. The van der Waals surface area contributed by atoms with Crippen LogP contribution < -0.4 is 4.90 Å². The van der Waals surface area contributed by atoms with E-state index in [1.165, 1.54) is 4.31 Å². The Bertz CT molecular complexity index is 898. The van der Waals surface area contributed by atoms with Crippen LogP contribution in [0.5, 0.6) is 0 Å². The normalized spacial score (nSPS) is 15.6. The fourth-order valence-electron chi connectivity index (χ4n) is 3.08. The van der Waals surface area contributed by atoms with Crippen molar-refractivity contribution < 1.29 is 13.2 Å². The van der Waals surface area contributed by atoms with E-state index in [0.29, 0.717) is 36.6 Å². The molecule has 0 aromatic heterocycles. The largest absolute Gasteiger partial charge is 0.378 e. The number of aryl methyl sites for hydroxylation is 1. The van der Waals surface area contributed by atoms with Gasteiger partial charge in [-0.05, 0) is 43.3 Å². The first-order chi connectivity index (χ1) is 12.8. The molecule has 7 heteroatoms. The molecule has 27 heavy (non-hydrogen) atoms. The molecule has 0 saturated carbocycles. The first-order valence-corrected chi connectivity index (χ1v) is 10.4. The number of nitrogens with zero attached hydrogens (tertiary/aromatic N) is 3. The monoisotopic (exact) mass is 387 g/mol. The molecule has 3 rings (SSSR count). The van der Waals surface area contributed by atoms with Crippen LogP contribution in [0.1, 0.15) is 15.9 Å². The van der Waals surface area contributed by atoms with E-state index >= 15 is 0 Å². The lowest BCUT2D eigenvalue weighted by atomic mass is 10.1. The fourth-order valence-corrected chi connectivity index (χ4v) is 4.50. The van der Waals surface area contributed by atoms with Gasteiger partial charge in [-0.15, -0.1) is 0 Å². The quantitative estimate of drug-likeness (QED) is 0.807. The molecular formula is C20H25N3O3S. The van der Waals surface area contributed by atoms with Gasteiger partial charge in [0.25, 0.3) is 5.91 Å². The summed E-state index contributed by atoms with van der Waals surface area (Å²) < 4.78 is 27.0. The minimum Gasteiger partial charge on any atom is -0.378 e. The van der Waals surface area contributed by atoms with Gasteiger partial charge in [-0.2, -0.15) is 4.31 Å². The molecule has 0 spiro atoms. The predicted octanol–water partition coefficient (Wildman–Crippen LogP) is 2.21. The number of carbonyl (C=O) groups is 1. The third-order valence-corrected chi connectivity index (χ3v) is 6.73. The summed E-state index contributed by atoms with van der Waals surface area (Å²) in [7, 11) is 0.380. The molecule has 0 N–H and O–H groups in total. The zero-order valence-corrected chi connectivity index (χ0v) is 16.7. The zero-order chi connectivity index (χ0) is 19.6. The van der Waals surface area contributed by atoms with Gasteiger partial charge in [-0.1, -0.05) is 17.7 Å². The van der Waals surface area contributed by atoms with Crippen LogP contribution in [0.15, 0.2) is 53.4 Å². The maximum absolute atomic E-state index is 12.8. The minimum absolute atomic E-state index is 0.0623. The Labute approximate surface area is 161 Å². The van der Waals surface area contributed by atoms with Gasteiger partial charge in [-0.25, -0.2) is 8.42 Å². The number of rotatable bonds is 4. The van der Waals surface area contributed by atoms with Gasteiger partial charge in [-0.3, -0.25) is 4.79 Å². The average molecular weight is 388 g/mol. The number of hydrogen-bond acceptors (Lipinski definition) is 4. The Morgan fingerprint density at radius 1 is 0.889 bits per heavy atom. The highest BCUT2D eigenvalue weighted by molar-refractivity contribution is 7.89. The van der Waals surface area contributed by atoms with Gasteiger partial charge in [0, 0.05) is 51.5 Å². The summed E-state index contributed by atoms with van der Waals surface area (Å²) in [4.78, 5) is 16.7. The van der Waals surface area contributed by atoms with Crippen LogP contribution >= 0.6 is 0 Å². The van der Waals surface area contributed by atoms with Crippen LogP contribution in [0.4, 0.5) is 5.69 Å². The van der Waals surface area contributed by atoms with E-state index in [0.717, 1.165) is 11.3 Å². The van der Waals surface area contributed by atoms with Crippen LogP contribution in [-0.4, -0.2) is 63.8 Å². The van der Waals surface area contributed by atoms with Crippen molar-refractivity contribution in [3.05, 3.63) is 59.7 Å². The number of benzene rings is 2. The molecule has 1 amide bonds. The minimum atomic E-state index is -3.52. The van der Waals surface area contributed by atoms with Crippen LogP contribution in [0.2, 0.25) is 0 Å². The van der Waals surface area contributed by atoms with Gasteiger partial charge >= 0.3 is 0 Å². The molecule has 0 bridgehead atoms. The zero-order valence-electron chi connectivity index (χ0n) is 15.9. The van der Waals surface area contributed by atoms with E-state index in [-0.39, 0.29) is 5.91 Å². The summed E-state index contributed by atoms with van der Waals surface area (Å²) in [6, 6.07) is 14.3. The molecule has 1 aliphatic rings. The number of carbonyl (C=O) groups excluding carboxylic acids is 1. The number of piperazine rings is 1. The number of amides is 1. The lowest BCUT2D eigenvalue weighted by Gasteiger charge is -2.34. The van der Waals surface area contributed by atoms with E-state index in [1.54, 1.807) is 29.2 Å². The molecule has 1 fully saturated rings. The number of sulfonamides is 1. The lowest BCUT2D eigenvalue weighted by molar-refractivity contribution is 0.0698. The van der Waals surface area contributed by atoms with Crippen molar-refractivity contribution in [1.29, 1.82) is 0 Å². The van der Waals surface area contributed by atoms with E-state index < -0.39 is 10.0 Å². The van der Waals surface area contributed by atoms with Gasteiger partial charge in [0.1, 0.15) is 0 Å². The molecule has 0 unspecified atom stereocenters.